The maximum atomic E-state index is 12.6. The van der Waals surface area contributed by atoms with E-state index in [-0.39, 0.29) is 12.3 Å². The largest absolute Gasteiger partial charge is 0.392 e. The van der Waals surface area contributed by atoms with Crippen LogP contribution >= 0.6 is 11.6 Å². The van der Waals surface area contributed by atoms with Crippen LogP contribution in [-0.2, 0) is 6.61 Å². The number of rotatable bonds is 5. The Labute approximate surface area is 172 Å². The minimum atomic E-state index is -0.410. The Morgan fingerprint density at radius 2 is 1.90 bits per heavy atom. The number of halogens is 1. The molecule has 0 atom stereocenters. The van der Waals surface area contributed by atoms with E-state index in [1.165, 1.54) is 6.20 Å². The van der Waals surface area contributed by atoms with Gasteiger partial charge >= 0.3 is 0 Å². The number of aliphatic hydroxyl groups excluding tert-OH is 1. The standard InChI is InChI=1S/C22H17ClN4O2/c23-18-9-8-16(26-22(29)20-15(13-28)7-4-10-24-20)11-17(18)21-25-12-19(27-21)14-5-2-1-3-6-14/h1-12,28H,13H2,(H,25,27)(H,26,29). The van der Waals surface area contributed by atoms with E-state index in [0.717, 1.165) is 11.3 Å². The van der Waals surface area contributed by atoms with E-state index in [9.17, 15) is 9.90 Å². The molecular weight excluding hydrogens is 388 g/mol. The summed E-state index contributed by atoms with van der Waals surface area (Å²) in [5.74, 6) is 0.186. The fourth-order valence-corrected chi connectivity index (χ4v) is 3.17. The summed E-state index contributed by atoms with van der Waals surface area (Å²) in [6.07, 6.45) is 3.25. The van der Waals surface area contributed by atoms with Crippen molar-refractivity contribution in [1.29, 1.82) is 0 Å². The van der Waals surface area contributed by atoms with Crippen LogP contribution < -0.4 is 5.32 Å². The Morgan fingerprint density at radius 1 is 1.07 bits per heavy atom. The Hall–Kier alpha value is -3.48. The molecule has 144 valence electrons. The van der Waals surface area contributed by atoms with Gasteiger partial charge in [-0.15, -0.1) is 0 Å². The number of imidazole rings is 1. The molecule has 1 amide bonds. The third kappa shape index (κ3) is 4.03. The zero-order valence-corrected chi connectivity index (χ0v) is 16.0. The molecule has 0 aliphatic carbocycles. The van der Waals surface area contributed by atoms with Crippen molar-refractivity contribution in [3.05, 3.63) is 89.3 Å². The quantitative estimate of drug-likeness (QED) is 0.455. The number of nitrogens with one attached hydrogen (secondary N) is 2. The Morgan fingerprint density at radius 3 is 2.69 bits per heavy atom. The molecule has 4 rings (SSSR count). The second-order valence-electron chi connectivity index (χ2n) is 6.33. The van der Waals surface area contributed by atoms with Gasteiger partial charge in [0.2, 0.25) is 0 Å². The molecule has 0 bridgehead atoms. The predicted molar refractivity (Wildman–Crippen MR) is 113 cm³/mol. The van der Waals surface area contributed by atoms with E-state index in [4.69, 9.17) is 11.6 Å². The summed E-state index contributed by atoms with van der Waals surface area (Å²) in [6, 6.07) is 18.3. The third-order valence-electron chi connectivity index (χ3n) is 4.42. The van der Waals surface area contributed by atoms with Gasteiger partial charge in [0.25, 0.3) is 5.91 Å². The SMILES string of the molecule is O=C(Nc1ccc(Cl)c(-c2ncc(-c3ccccc3)[nH]2)c1)c1ncccc1CO. The number of amides is 1. The average molecular weight is 405 g/mol. The van der Waals surface area contributed by atoms with Crippen molar-refractivity contribution in [2.75, 3.05) is 5.32 Å². The number of aromatic amines is 1. The summed E-state index contributed by atoms with van der Waals surface area (Å²) in [4.78, 5) is 24.3. The van der Waals surface area contributed by atoms with Gasteiger partial charge in [0.05, 0.1) is 23.5 Å². The van der Waals surface area contributed by atoms with Crippen LogP contribution in [0.15, 0.2) is 73.1 Å². The van der Waals surface area contributed by atoms with Crippen LogP contribution in [-0.4, -0.2) is 26.0 Å². The highest BCUT2D eigenvalue weighted by molar-refractivity contribution is 6.33. The van der Waals surface area contributed by atoms with Gasteiger partial charge in [0.15, 0.2) is 0 Å². The van der Waals surface area contributed by atoms with Gasteiger partial charge in [0.1, 0.15) is 11.5 Å². The molecule has 2 aromatic carbocycles. The van der Waals surface area contributed by atoms with E-state index >= 15 is 0 Å². The van der Waals surface area contributed by atoms with Crippen molar-refractivity contribution >= 4 is 23.2 Å². The van der Waals surface area contributed by atoms with Gasteiger partial charge in [-0.2, -0.15) is 0 Å². The molecule has 0 aliphatic heterocycles. The Bertz CT molecular complexity index is 1160. The van der Waals surface area contributed by atoms with Crippen molar-refractivity contribution in [2.24, 2.45) is 0 Å². The fraction of sp³-hybridized carbons (Fsp3) is 0.0455. The summed E-state index contributed by atoms with van der Waals surface area (Å²) >= 11 is 6.37. The van der Waals surface area contributed by atoms with Gasteiger partial charge < -0.3 is 15.4 Å². The first-order valence-corrected chi connectivity index (χ1v) is 9.30. The van der Waals surface area contributed by atoms with Crippen molar-refractivity contribution in [1.82, 2.24) is 15.0 Å². The number of aliphatic hydroxyl groups is 1. The number of H-pyrrole nitrogens is 1. The molecule has 0 unspecified atom stereocenters. The van der Waals surface area contributed by atoms with Crippen LogP contribution in [0.1, 0.15) is 16.1 Å². The number of aromatic nitrogens is 3. The number of carbonyl (C=O) groups is 1. The first-order valence-electron chi connectivity index (χ1n) is 8.92. The lowest BCUT2D eigenvalue weighted by atomic mass is 10.1. The summed E-state index contributed by atoms with van der Waals surface area (Å²) in [6.45, 7) is -0.267. The lowest BCUT2D eigenvalue weighted by molar-refractivity contribution is 0.101. The van der Waals surface area contributed by atoms with E-state index in [0.29, 0.717) is 27.7 Å². The number of pyridine rings is 1. The van der Waals surface area contributed by atoms with Crippen LogP contribution in [0.4, 0.5) is 5.69 Å². The second-order valence-corrected chi connectivity index (χ2v) is 6.74. The highest BCUT2D eigenvalue weighted by Gasteiger charge is 2.15. The first kappa shape index (κ1) is 18.9. The van der Waals surface area contributed by atoms with Crippen molar-refractivity contribution in [3.63, 3.8) is 0 Å². The lowest BCUT2D eigenvalue weighted by Gasteiger charge is -2.09. The summed E-state index contributed by atoms with van der Waals surface area (Å²) in [5, 5.41) is 12.7. The van der Waals surface area contributed by atoms with Crippen LogP contribution in [0.5, 0.6) is 0 Å². The summed E-state index contributed by atoms with van der Waals surface area (Å²) < 4.78 is 0. The van der Waals surface area contributed by atoms with E-state index < -0.39 is 5.91 Å². The van der Waals surface area contributed by atoms with Crippen molar-refractivity contribution in [2.45, 2.75) is 6.61 Å². The Balaban J connectivity index is 1.62. The molecule has 0 radical (unpaired) electrons. The van der Waals surface area contributed by atoms with Gasteiger partial charge in [-0.3, -0.25) is 9.78 Å². The molecule has 0 aliphatic rings. The number of anilines is 1. The van der Waals surface area contributed by atoms with Crippen LogP contribution in [0.2, 0.25) is 5.02 Å². The monoisotopic (exact) mass is 404 g/mol. The van der Waals surface area contributed by atoms with Crippen molar-refractivity contribution < 1.29 is 9.90 Å². The van der Waals surface area contributed by atoms with E-state index in [1.54, 1.807) is 36.5 Å². The zero-order valence-electron chi connectivity index (χ0n) is 15.3. The van der Waals surface area contributed by atoms with Crippen LogP contribution in [0, 0.1) is 0 Å². The highest BCUT2D eigenvalue weighted by Crippen LogP contribution is 2.30. The molecule has 3 N–H and O–H groups in total. The number of carbonyl (C=O) groups excluding carboxylic acids is 1. The molecule has 0 fully saturated rings. The Kier molecular flexibility index (Phi) is 5.37. The molecule has 29 heavy (non-hydrogen) atoms. The maximum absolute atomic E-state index is 12.6. The van der Waals surface area contributed by atoms with E-state index in [1.807, 2.05) is 30.3 Å². The molecule has 7 heteroatoms. The number of nitrogens with zero attached hydrogens (tertiary/aromatic N) is 2. The normalized spacial score (nSPS) is 10.7. The van der Waals surface area contributed by atoms with Crippen LogP contribution in [0.25, 0.3) is 22.6 Å². The van der Waals surface area contributed by atoms with E-state index in [2.05, 4.69) is 20.3 Å². The molecule has 0 saturated carbocycles. The van der Waals surface area contributed by atoms with Gasteiger partial charge in [-0.25, -0.2) is 4.98 Å². The average Bonchev–Trinajstić information content (AvgIpc) is 3.25. The minimum absolute atomic E-state index is 0.177. The molecule has 2 heterocycles. The minimum Gasteiger partial charge on any atom is -0.392 e. The zero-order chi connectivity index (χ0) is 20.2. The molecule has 4 aromatic rings. The number of hydrogen-bond donors (Lipinski definition) is 3. The third-order valence-corrected chi connectivity index (χ3v) is 4.75. The summed E-state index contributed by atoms with van der Waals surface area (Å²) in [5.41, 5.74) is 3.72. The van der Waals surface area contributed by atoms with Gasteiger partial charge in [-0.1, -0.05) is 48.0 Å². The molecule has 2 aromatic heterocycles. The fourth-order valence-electron chi connectivity index (χ4n) is 2.97. The number of benzene rings is 2. The first-order chi connectivity index (χ1) is 14.2. The predicted octanol–water partition coefficient (Wildman–Crippen LogP) is 4.54. The molecule has 0 saturated heterocycles. The lowest BCUT2D eigenvalue weighted by Crippen LogP contribution is -2.16. The maximum Gasteiger partial charge on any atom is 0.274 e. The highest BCUT2D eigenvalue weighted by atomic mass is 35.5. The summed E-state index contributed by atoms with van der Waals surface area (Å²) in [7, 11) is 0. The van der Waals surface area contributed by atoms with Gasteiger partial charge in [-0.05, 0) is 29.8 Å². The smallest absolute Gasteiger partial charge is 0.274 e. The molecule has 6 nitrogen and oxygen atoms in total. The molecule has 0 spiro atoms. The second kappa shape index (κ2) is 8.26. The van der Waals surface area contributed by atoms with Crippen molar-refractivity contribution in [3.8, 4) is 22.6 Å². The number of hydrogen-bond acceptors (Lipinski definition) is 4. The van der Waals surface area contributed by atoms with Crippen LogP contribution in [0.3, 0.4) is 0 Å². The molecular formula is C22H17ClN4O2. The topological polar surface area (TPSA) is 90.9 Å². The van der Waals surface area contributed by atoms with Gasteiger partial charge in [0, 0.05) is 23.0 Å².